The number of hydrogen-bond acceptors (Lipinski definition) is 4. The predicted octanol–water partition coefficient (Wildman–Crippen LogP) is 3.65. The van der Waals surface area contributed by atoms with Gasteiger partial charge in [-0.2, -0.15) is 5.10 Å². The van der Waals surface area contributed by atoms with Crippen molar-refractivity contribution in [1.29, 1.82) is 0 Å². The molecule has 2 heterocycles. The van der Waals surface area contributed by atoms with Crippen LogP contribution in [0.5, 0.6) is 5.75 Å². The SMILES string of the molecule is c1ccc(-n2cccn2)c(CNc2ccccc2O[C@H]2CCOC2)c1. The second kappa shape index (κ2) is 7.40. The summed E-state index contributed by atoms with van der Waals surface area (Å²) in [6.45, 7) is 2.13. The summed E-state index contributed by atoms with van der Waals surface area (Å²) in [5.74, 6) is 0.870. The van der Waals surface area contributed by atoms with Crippen LogP contribution in [0.4, 0.5) is 5.69 Å². The first-order valence-electron chi connectivity index (χ1n) is 8.55. The molecule has 0 amide bonds. The molecule has 0 unspecified atom stereocenters. The quantitative estimate of drug-likeness (QED) is 0.747. The molecule has 1 aromatic heterocycles. The van der Waals surface area contributed by atoms with Crippen molar-refractivity contribution in [3.63, 3.8) is 0 Å². The van der Waals surface area contributed by atoms with Gasteiger partial charge in [0.25, 0.3) is 0 Å². The first-order valence-corrected chi connectivity index (χ1v) is 8.55. The molecule has 1 fully saturated rings. The highest BCUT2D eigenvalue weighted by Gasteiger charge is 2.18. The molecule has 25 heavy (non-hydrogen) atoms. The Bertz CT molecular complexity index is 811. The van der Waals surface area contributed by atoms with Gasteiger partial charge in [0.05, 0.1) is 24.6 Å². The van der Waals surface area contributed by atoms with Gasteiger partial charge in [0, 0.05) is 25.4 Å². The molecule has 1 N–H and O–H groups in total. The molecular formula is C20H21N3O2. The summed E-state index contributed by atoms with van der Waals surface area (Å²) in [5.41, 5.74) is 3.23. The zero-order chi connectivity index (χ0) is 16.9. The maximum atomic E-state index is 6.09. The third-order valence-electron chi connectivity index (χ3n) is 4.28. The lowest BCUT2D eigenvalue weighted by Crippen LogP contribution is -2.16. The van der Waals surface area contributed by atoms with E-state index in [0.717, 1.165) is 30.2 Å². The summed E-state index contributed by atoms with van der Waals surface area (Å²) in [7, 11) is 0. The molecule has 128 valence electrons. The number of para-hydroxylation sites is 3. The second-order valence-corrected chi connectivity index (χ2v) is 6.03. The van der Waals surface area contributed by atoms with Crippen molar-refractivity contribution in [2.75, 3.05) is 18.5 Å². The second-order valence-electron chi connectivity index (χ2n) is 6.03. The van der Waals surface area contributed by atoms with E-state index < -0.39 is 0 Å². The number of anilines is 1. The molecule has 1 aliphatic heterocycles. The standard InChI is InChI=1S/C20H21N3O2/c1-3-8-19(23-12-5-11-22-23)16(6-1)14-21-18-7-2-4-9-20(18)25-17-10-13-24-15-17/h1-9,11-12,17,21H,10,13-15H2/t17-/m0/s1. The maximum Gasteiger partial charge on any atom is 0.142 e. The highest BCUT2D eigenvalue weighted by Crippen LogP contribution is 2.27. The molecule has 3 aromatic rings. The lowest BCUT2D eigenvalue weighted by Gasteiger charge is -2.17. The molecule has 0 spiro atoms. The highest BCUT2D eigenvalue weighted by atomic mass is 16.5. The normalized spacial score (nSPS) is 16.7. The van der Waals surface area contributed by atoms with Crippen molar-refractivity contribution in [1.82, 2.24) is 9.78 Å². The fraction of sp³-hybridized carbons (Fsp3) is 0.250. The van der Waals surface area contributed by atoms with Crippen molar-refractivity contribution in [2.45, 2.75) is 19.1 Å². The molecule has 0 radical (unpaired) electrons. The zero-order valence-corrected chi connectivity index (χ0v) is 14.0. The van der Waals surface area contributed by atoms with Crippen molar-refractivity contribution in [3.05, 3.63) is 72.6 Å². The van der Waals surface area contributed by atoms with Gasteiger partial charge in [0.2, 0.25) is 0 Å². The summed E-state index contributed by atoms with van der Waals surface area (Å²) in [6.07, 6.45) is 4.82. The summed E-state index contributed by atoms with van der Waals surface area (Å²) < 4.78 is 13.4. The fourth-order valence-electron chi connectivity index (χ4n) is 2.99. The van der Waals surface area contributed by atoms with E-state index in [9.17, 15) is 0 Å². The van der Waals surface area contributed by atoms with E-state index in [1.807, 2.05) is 53.3 Å². The number of aromatic nitrogens is 2. The average molecular weight is 335 g/mol. The van der Waals surface area contributed by atoms with Gasteiger partial charge in [-0.1, -0.05) is 30.3 Å². The van der Waals surface area contributed by atoms with Crippen LogP contribution >= 0.6 is 0 Å². The van der Waals surface area contributed by atoms with Crippen LogP contribution < -0.4 is 10.1 Å². The fourth-order valence-corrected chi connectivity index (χ4v) is 2.99. The molecule has 5 heteroatoms. The van der Waals surface area contributed by atoms with Crippen LogP contribution in [0.3, 0.4) is 0 Å². The van der Waals surface area contributed by atoms with Gasteiger partial charge >= 0.3 is 0 Å². The molecule has 0 aliphatic carbocycles. The Labute approximate surface area is 147 Å². The van der Waals surface area contributed by atoms with E-state index in [1.165, 1.54) is 5.56 Å². The van der Waals surface area contributed by atoms with Crippen LogP contribution in [-0.2, 0) is 11.3 Å². The van der Waals surface area contributed by atoms with Crippen LogP contribution in [0.1, 0.15) is 12.0 Å². The molecule has 5 nitrogen and oxygen atoms in total. The Kier molecular flexibility index (Phi) is 4.65. The highest BCUT2D eigenvalue weighted by molar-refractivity contribution is 5.57. The minimum absolute atomic E-state index is 0.138. The summed E-state index contributed by atoms with van der Waals surface area (Å²) >= 11 is 0. The monoisotopic (exact) mass is 335 g/mol. The third-order valence-corrected chi connectivity index (χ3v) is 4.28. The first-order chi connectivity index (χ1) is 12.4. The largest absolute Gasteiger partial charge is 0.486 e. The Morgan fingerprint density at radius 3 is 2.84 bits per heavy atom. The number of nitrogens with one attached hydrogen (secondary N) is 1. The molecule has 1 saturated heterocycles. The van der Waals surface area contributed by atoms with Crippen LogP contribution in [0.25, 0.3) is 5.69 Å². The van der Waals surface area contributed by atoms with Crippen LogP contribution in [0.2, 0.25) is 0 Å². The maximum absolute atomic E-state index is 6.09. The van der Waals surface area contributed by atoms with Crippen molar-refractivity contribution >= 4 is 5.69 Å². The van der Waals surface area contributed by atoms with Crippen LogP contribution in [0, 0.1) is 0 Å². The number of nitrogens with zero attached hydrogens (tertiary/aromatic N) is 2. The molecule has 4 rings (SSSR count). The van der Waals surface area contributed by atoms with Gasteiger partial charge < -0.3 is 14.8 Å². The van der Waals surface area contributed by atoms with Crippen LogP contribution in [0.15, 0.2) is 67.0 Å². The number of benzene rings is 2. The lowest BCUT2D eigenvalue weighted by atomic mass is 10.1. The molecular weight excluding hydrogens is 314 g/mol. The Balaban J connectivity index is 1.51. The molecule has 0 bridgehead atoms. The Morgan fingerprint density at radius 2 is 2.00 bits per heavy atom. The zero-order valence-electron chi connectivity index (χ0n) is 14.0. The molecule has 2 aromatic carbocycles. The number of ether oxygens (including phenoxy) is 2. The Hall–Kier alpha value is -2.79. The number of rotatable bonds is 6. The van der Waals surface area contributed by atoms with Crippen molar-refractivity contribution < 1.29 is 9.47 Å². The molecule has 0 saturated carbocycles. The van der Waals surface area contributed by atoms with Gasteiger partial charge in [0.15, 0.2) is 0 Å². The van der Waals surface area contributed by atoms with Gasteiger partial charge in [-0.25, -0.2) is 4.68 Å². The predicted molar refractivity (Wildman–Crippen MR) is 97.2 cm³/mol. The van der Waals surface area contributed by atoms with Gasteiger partial charge in [-0.3, -0.25) is 0 Å². The molecule has 1 atom stereocenters. The summed E-state index contributed by atoms with van der Waals surface area (Å²) in [5, 5.41) is 7.84. The molecule has 1 aliphatic rings. The van der Waals surface area contributed by atoms with E-state index in [0.29, 0.717) is 13.2 Å². The van der Waals surface area contributed by atoms with Gasteiger partial charge in [-0.05, 0) is 29.8 Å². The first kappa shape index (κ1) is 15.7. The smallest absolute Gasteiger partial charge is 0.142 e. The minimum atomic E-state index is 0.138. The van der Waals surface area contributed by atoms with Crippen molar-refractivity contribution in [2.24, 2.45) is 0 Å². The van der Waals surface area contributed by atoms with E-state index in [4.69, 9.17) is 9.47 Å². The average Bonchev–Trinajstić information content (AvgIpc) is 3.35. The summed E-state index contributed by atoms with van der Waals surface area (Å²) in [4.78, 5) is 0. The van der Waals surface area contributed by atoms with E-state index in [1.54, 1.807) is 6.20 Å². The lowest BCUT2D eigenvalue weighted by molar-refractivity contribution is 0.142. The van der Waals surface area contributed by atoms with E-state index >= 15 is 0 Å². The van der Waals surface area contributed by atoms with Crippen molar-refractivity contribution in [3.8, 4) is 11.4 Å². The Morgan fingerprint density at radius 1 is 1.12 bits per heavy atom. The third kappa shape index (κ3) is 3.67. The van der Waals surface area contributed by atoms with Gasteiger partial charge in [0.1, 0.15) is 11.9 Å². The van der Waals surface area contributed by atoms with E-state index in [-0.39, 0.29) is 6.10 Å². The van der Waals surface area contributed by atoms with Crippen LogP contribution in [-0.4, -0.2) is 29.1 Å². The van der Waals surface area contributed by atoms with Gasteiger partial charge in [-0.15, -0.1) is 0 Å². The number of hydrogen-bond donors (Lipinski definition) is 1. The topological polar surface area (TPSA) is 48.3 Å². The summed E-state index contributed by atoms with van der Waals surface area (Å²) in [6, 6.07) is 18.2. The van der Waals surface area contributed by atoms with E-state index in [2.05, 4.69) is 22.5 Å². The minimum Gasteiger partial charge on any atom is -0.486 e.